The number of likely N-dealkylation sites (N-methyl/N-ethyl adjacent to an activating group) is 1. The summed E-state index contributed by atoms with van der Waals surface area (Å²) in [5, 5.41) is 12.5. The standard InChI is InChI=1S/C20H29N5O3/c1-4-27-17-12-11-15(13-18(17)28-5-2)20-21-23-25(22-20)14-19(26)24(3)16-9-7-6-8-10-16/h11-13,16H,4-10,14H2,1-3H3. The van der Waals surface area contributed by atoms with Crippen LogP contribution in [0.5, 0.6) is 11.5 Å². The van der Waals surface area contributed by atoms with Crippen molar-refractivity contribution in [1.29, 1.82) is 0 Å². The van der Waals surface area contributed by atoms with E-state index in [-0.39, 0.29) is 12.5 Å². The molecule has 0 saturated heterocycles. The number of hydrogen-bond donors (Lipinski definition) is 0. The number of benzene rings is 1. The predicted molar refractivity (Wildman–Crippen MR) is 105 cm³/mol. The molecule has 1 fully saturated rings. The van der Waals surface area contributed by atoms with Gasteiger partial charge < -0.3 is 14.4 Å². The van der Waals surface area contributed by atoms with Gasteiger partial charge in [0.1, 0.15) is 6.54 Å². The Labute approximate surface area is 165 Å². The van der Waals surface area contributed by atoms with Crippen LogP contribution in [0.3, 0.4) is 0 Å². The van der Waals surface area contributed by atoms with Gasteiger partial charge in [0.25, 0.3) is 0 Å². The molecule has 28 heavy (non-hydrogen) atoms. The normalized spacial score (nSPS) is 14.7. The van der Waals surface area contributed by atoms with Gasteiger partial charge in [-0.25, -0.2) is 0 Å². The number of aromatic nitrogens is 4. The molecular weight excluding hydrogens is 358 g/mol. The molecule has 0 radical (unpaired) electrons. The number of carbonyl (C=O) groups excluding carboxylic acids is 1. The molecule has 3 rings (SSSR count). The molecular formula is C20H29N5O3. The molecule has 1 amide bonds. The quantitative estimate of drug-likeness (QED) is 0.693. The highest BCUT2D eigenvalue weighted by Crippen LogP contribution is 2.31. The van der Waals surface area contributed by atoms with Crippen LogP contribution in [0, 0.1) is 0 Å². The number of ether oxygens (including phenoxy) is 2. The molecule has 0 bridgehead atoms. The van der Waals surface area contributed by atoms with Gasteiger partial charge in [-0.1, -0.05) is 19.3 Å². The maximum Gasteiger partial charge on any atom is 0.246 e. The van der Waals surface area contributed by atoms with Crippen molar-refractivity contribution in [3.05, 3.63) is 18.2 Å². The van der Waals surface area contributed by atoms with Crippen LogP contribution in [0.2, 0.25) is 0 Å². The highest BCUT2D eigenvalue weighted by atomic mass is 16.5. The van der Waals surface area contributed by atoms with E-state index in [4.69, 9.17) is 9.47 Å². The third-order valence-electron chi connectivity index (χ3n) is 5.05. The minimum atomic E-state index is 0.0116. The fraction of sp³-hybridized carbons (Fsp3) is 0.600. The average Bonchev–Trinajstić information content (AvgIpc) is 3.18. The summed E-state index contributed by atoms with van der Waals surface area (Å²) in [5.74, 6) is 1.80. The first kappa shape index (κ1) is 20.1. The number of rotatable bonds is 8. The summed E-state index contributed by atoms with van der Waals surface area (Å²) in [6.45, 7) is 5.04. The molecule has 152 valence electrons. The van der Waals surface area contributed by atoms with Crippen LogP contribution in [-0.4, -0.2) is 57.3 Å². The SMILES string of the molecule is CCOc1ccc(-c2nnn(CC(=O)N(C)C3CCCCC3)n2)cc1OCC. The Hall–Kier alpha value is -2.64. The molecule has 0 aliphatic heterocycles. The van der Waals surface area contributed by atoms with Gasteiger partial charge in [-0.05, 0) is 50.1 Å². The predicted octanol–water partition coefficient (Wildman–Crippen LogP) is 2.93. The summed E-state index contributed by atoms with van der Waals surface area (Å²) in [6.07, 6.45) is 5.79. The summed E-state index contributed by atoms with van der Waals surface area (Å²) in [5.41, 5.74) is 0.770. The lowest BCUT2D eigenvalue weighted by Gasteiger charge is -2.31. The molecule has 0 spiro atoms. The number of carbonyl (C=O) groups is 1. The Morgan fingerprint density at radius 2 is 1.86 bits per heavy atom. The lowest BCUT2D eigenvalue weighted by molar-refractivity contribution is -0.133. The molecule has 0 unspecified atom stereocenters. The lowest BCUT2D eigenvalue weighted by Crippen LogP contribution is -2.40. The van der Waals surface area contributed by atoms with Gasteiger partial charge in [-0.3, -0.25) is 4.79 Å². The molecule has 1 aromatic heterocycles. The molecule has 1 saturated carbocycles. The van der Waals surface area contributed by atoms with Gasteiger partial charge in [-0.2, -0.15) is 4.80 Å². The fourth-order valence-electron chi connectivity index (χ4n) is 3.52. The zero-order chi connectivity index (χ0) is 19.9. The van der Waals surface area contributed by atoms with E-state index in [0.717, 1.165) is 18.4 Å². The zero-order valence-corrected chi connectivity index (χ0v) is 16.9. The average molecular weight is 387 g/mol. The van der Waals surface area contributed by atoms with Gasteiger partial charge in [0.2, 0.25) is 11.7 Å². The first-order chi connectivity index (χ1) is 13.6. The smallest absolute Gasteiger partial charge is 0.246 e. The number of nitrogens with zero attached hydrogens (tertiary/aromatic N) is 5. The van der Waals surface area contributed by atoms with Crippen molar-refractivity contribution in [2.24, 2.45) is 0 Å². The number of hydrogen-bond acceptors (Lipinski definition) is 6. The molecule has 1 aromatic carbocycles. The number of tetrazole rings is 1. The van der Waals surface area contributed by atoms with Crippen molar-refractivity contribution in [3.63, 3.8) is 0 Å². The molecule has 8 nitrogen and oxygen atoms in total. The third-order valence-corrected chi connectivity index (χ3v) is 5.05. The molecule has 2 aromatic rings. The van der Waals surface area contributed by atoms with Crippen molar-refractivity contribution in [3.8, 4) is 22.9 Å². The molecule has 1 aliphatic carbocycles. The van der Waals surface area contributed by atoms with Gasteiger partial charge in [0.15, 0.2) is 11.5 Å². The minimum Gasteiger partial charge on any atom is -0.490 e. The van der Waals surface area contributed by atoms with E-state index < -0.39 is 0 Å². The fourth-order valence-corrected chi connectivity index (χ4v) is 3.52. The maximum absolute atomic E-state index is 12.6. The van der Waals surface area contributed by atoms with Crippen molar-refractivity contribution in [2.75, 3.05) is 20.3 Å². The first-order valence-electron chi connectivity index (χ1n) is 10.1. The van der Waals surface area contributed by atoms with Crippen molar-refractivity contribution >= 4 is 5.91 Å². The summed E-state index contributed by atoms with van der Waals surface area (Å²) in [6, 6.07) is 5.87. The monoisotopic (exact) mass is 387 g/mol. The highest BCUT2D eigenvalue weighted by molar-refractivity contribution is 5.75. The van der Waals surface area contributed by atoms with E-state index in [1.165, 1.54) is 24.1 Å². The zero-order valence-electron chi connectivity index (χ0n) is 16.9. The first-order valence-corrected chi connectivity index (χ1v) is 10.1. The van der Waals surface area contributed by atoms with Gasteiger partial charge in [-0.15, -0.1) is 10.2 Å². The molecule has 0 atom stereocenters. The van der Waals surface area contributed by atoms with Crippen LogP contribution in [0.15, 0.2) is 18.2 Å². The van der Waals surface area contributed by atoms with Crippen LogP contribution in [0.4, 0.5) is 0 Å². The second kappa shape index (κ2) is 9.52. The summed E-state index contributed by atoms with van der Waals surface area (Å²) in [4.78, 5) is 15.8. The Balaban J connectivity index is 1.69. The topological polar surface area (TPSA) is 82.4 Å². The van der Waals surface area contributed by atoms with Gasteiger partial charge in [0.05, 0.1) is 13.2 Å². The Morgan fingerprint density at radius 3 is 2.57 bits per heavy atom. The summed E-state index contributed by atoms with van der Waals surface area (Å²) < 4.78 is 11.2. The lowest BCUT2D eigenvalue weighted by atomic mass is 9.94. The Morgan fingerprint density at radius 1 is 1.14 bits per heavy atom. The van der Waals surface area contributed by atoms with Crippen molar-refractivity contribution in [2.45, 2.75) is 58.5 Å². The van der Waals surface area contributed by atoms with E-state index >= 15 is 0 Å². The molecule has 8 heteroatoms. The Bertz CT molecular complexity index is 786. The number of amides is 1. The largest absolute Gasteiger partial charge is 0.490 e. The molecule has 1 aliphatic rings. The van der Waals surface area contributed by atoms with E-state index in [1.54, 1.807) is 0 Å². The second-order valence-corrected chi connectivity index (χ2v) is 6.97. The van der Waals surface area contributed by atoms with Gasteiger partial charge >= 0.3 is 0 Å². The Kier molecular flexibility index (Phi) is 6.84. The van der Waals surface area contributed by atoms with E-state index in [2.05, 4.69) is 15.4 Å². The van der Waals surface area contributed by atoms with Crippen LogP contribution in [0.25, 0.3) is 11.4 Å². The highest BCUT2D eigenvalue weighted by Gasteiger charge is 2.23. The summed E-state index contributed by atoms with van der Waals surface area (Å²) >= 11 is 0. The van der Waals surface area contributed by atoms with E-state index in [0.29, 0.717) is 36.6 Å². The van der Waals surface area contributed by atoms with Crippen LogP contribution >= 0.6 is 0 Å². The van der Waals surface area contributed by atoms with Crippen LogP contribution in [0.1, 0.15) is 46.0 Å². The van der Waals surface area contributed by atoms with Crippen molar-refractivity contribution in [1.82, 2.24) is 25.1 Å². The van der Waals surface area contributed by atoms with Crippen LogP contribution < -0.4 is 9.47 Å². The van der Waals surface area contributed by atoms with Crippen molar-refractivity contribution < 1.29 is 14.3 Å². The summed E-state index contributed by atoms with van der Waals surface area (Å²) in [7, 11) is 1.87. The van der Waals surface area contributed by atoms with E-state index in [1.807, 2.05) is 44.0 Å². The van der Waals surface area contributed by atoms with Crippen LogP contribution in [-0.2, 0) is 11.3 Å². The molecule has 1 heterocycles. The third kappa shape index (κ3) is 4.79. The minimum absolute atomic E-state index is 0.0116. The second-order valence-electron chi connectivity index (χ2n) is 6.97. The molecule has 0 N–H and O–H groups in total. The maximum atomic E-state index is 12.6. The van der Waals surface area contributed by atoms with Gasteiger partial charge in [0, 0.05) is 18.7 Å². The van der Waals surface area contributed by atoms with E-state index in [9.17, 15) is 4.79 Å².